The lowest BCUT2D eigenvalue weighted by atomic mass is 10.00. The number of piperazine rings is 1. The Kier molecular flexibility index (Phi) is 5.82. The largest absolute Gasteiger partial charge is 0.507 e. The average molecular weight is 491 g/mol. The lowest BCUT2D eigenvalue weighted by Gasteiger charge is -2.36. The first kappa shape index (κ1) is 23.1. The molecule has 0 saturated carbocycles. The van der Waals surface area contributed by atoms with Crippen LogP contribution in [0.15, 0.2) is 18.2 Å². The van der Waals surface area contributed by atoms with Crippen LogP contribution in [-0.2, 0) is 4.74 Å². The van der Waals surface area contributed by atoms with Crippen molar-refractivity contribution in [2.45, 2.75) is 38.0 Å². The number of methoxy groups -OCH3 is 1. The Morgan fingerprint density at radius 1 is 1.35 bits per heavy atom. The van der Waals surface area contributed by atoms with Crippen LogP contribution in [0.2, 0.25) is 5.02 Å². The molecule has 1 amide bonds. The van der Waals surface area contributed by atoms with Crippen LogP contribution in [0.4, 0.5) is 10.2 Å². The number of anilines is 1. The zero-order valence-corrected chi connectivity index (χ0v) is 20.2. The quantitative estimate of drug-likeness (QED) is 0.683. The van der Waals surface area contributed by atoms with Crippen LogP contribution < -0.4 is 15.0 Å². The van der Waals surface area contributed by atoms with E-state index in [0.717, 1.165) is 0 Å². The van der Waals surface area contributed by atoms with Gasteiger partial charge in [-0.3, -0.25) is 4.79 Å². The maximum Gasteiger partial charge on any atom is 0.261 e. The van der Waals surface area contributed by atoms with Crippen molar-refractivity contribution in [1.82, 2.24) is 15.2 Å². The third kappa shape index (κ3) is 3.66. The molecule has 3 aliphatic heterocycles. The van der Waals surface area contributed by atoms with E-state index in [9.17, 15) is 14.3 Å². The van der Waals surface area contributed by atoms with Crippen molar-refractivity contribution in [2.24, 2.45) is 0 Å². The van der Waals surface area contributed by atoms with E-state index in [2.05, 4.69) is 5.32 Å². The monoisotopic (exact) mass is 490 g/mol. The highest BCUT2D eigenvalue weighted by atomic mass is 35.5. The SMILES string of the molecule is COC1CN(c2nc(-c3c(O)cccc3F)c(Cl)c3c2C(=O)N2CCNC[C@@H]2CO3)C(C)(C)C1. The van der Waals surface area contributed by atoms with E-state index >= 15 is 0 Å². The predicted octanol–water partition coefficient (Wildman–Crippen LogP) is 3.06. The highest BCUT2D eigenvalue weighted by Gasteiger charge is 2.45. The van der Waals surface area contributed by atoms with Crippen LogP contribution in [0.25, 0.3) is 11.3 Å². The number of ether oxygens (including phenoxy) is 2. The molecule has 1 aromatic heterocycles. The van der Waals surface area contributed by atoms with Gasteiger partial charge in [-0.25, -0.2) is 9.37 Å². The fourth-order valence-corrected chi connectivity index (χ4v) is 5.47. The van der Waals surface area contributed by atoms with Crippen LogP contribution in [0.3, 0.4) is 0 Å². The van der Waals surface area contributed by atoms with Gasteiger partial charge in [0.15, 0.2) is 5.75 Å². The number of rotatable bonds is 3. The Hall–Kier alpha value is -2.62. The van der Waals surface area contributed by atoms with Gasteiger partial charge in [0.05, 0.1) is 17.7 Å². The van der Waals surface area contributed by atoms with Crippen molar-refractivity contribution in [3.63, 3.8) is 0 Å². The molecule has 2 aromatic rings. The van der Waals surface area contributed by atoms with Crippen LogP contribution in [-0.4, -0.2) is 78.5 Å². The van der Waals surface area contributed by atoms with Gasteiger partial charge in [0.1, 0.15) is 40.3 Å². The van der Waals surface area contributed by atoms with Crippen molar-refractivity contribution in [1.29, 1.82) is 0 Å². The molecule has 0 aliphatic carbocycles. The summed E-state index contributed by atoms with van der Waals surface area (Å²) in [6.07, 6.45) is 0.649. The molecule has 1 aromatic carbocycles. The Balaban J connectivity index is 1.77. The number of hydrogen-bond acceptors (Lipinski definition) is 7. The number of benzene rings is 1. The Labute approximate surface area is 202 Å². The summed E-state index contributed by atoms with van der Waals surface area (Å²) in [6.45, 7) is 6.63. The number of phenolic OH excluding ortho intramolecular Hbond substituents is 1. The highest BCUT2D eigenvalue weighted by Crippen LogP contribution is 2.48. The molecule has 3 aliphatic rings. The number of aromatic hydroxyl groups is 1. The number of phenols is 1. The van der Waals surface area contributed by atoms with Gasteiger partial charge in [-0.2, -0.15) is 0 Å². The molecule has 10 heteroatoms. The highest BCUT2D eigenvalue weighted by molar-refractivity contribution is 6.35. The zero-order valence-electron chi connectivity index (χ0n) is 19.4. The standard InChI is InChI=1S/C24H28ClFN4O4/c1-24(2)9-14(33-3)11-30(24)22-18-21(34-12-13-10-27-7-8-29(13)23(18)32)19(25)20(28-22)17-15(26)5-4-6-16(17)31/h4-6,13-14,27,31H,7-12H2,1-3H3/t13-,14?/m1/s1. The molecular weight excluding hydrogens is 463 g/mol. The molecule has 2 atom stereocenters. The van der Waals surface area contributed by atoms with Crippen molar-refractivity contribution in [3.8, 4) is 22.8 Å². The topological polar surface area (TPSA) is 87.2 Å². The second-order valence-corrected chi connectivity index (χ2v) is 9.97. The number of hydrogen-bond donors (Lipinski definition) is 2. The smallest absolute Gasteiger partial charge is 0.261 e. The molecule has 5 rings (SSSR count). The maximum absolute atomic E-state index is 14.9. The van der Waals surface area contributed by atoms with Gasteiger partial charge in [0, 0.05) is 38.8 Å². The molecule has 34 heavy (non-hydrogen) atoms. The Morgan fingerprint density at radius 2 is 2.15 bits per heavy atom. The summed E-state index contributed by atoms with van der Waals surface area (Å²) in [6, 6.07) is 3.85. The minimum Gasteiger partial charge on any atom is -0.507 e. The second-order valence-electron chi connectivity index (χ2n) is 9.59. The summed E-state index contributed by atoms with van der Waals surface area (Å²) >= 11 is 6.75. The molecule has 0 radical (unpaired) electrons. The van der Waals surface area contributed by atoms with Crippen molar-refractivity contribution < 1.29 is 23.8 Å². The van der Waals surface area contributed by atoms with Crippen LogP contribution in [0.1, 0.15) is 30.6 Å². The molecule has 0 spiro atoms. The summed E-state index contributed by atoms with van der Waals surface area (Å²) in [5.41, 5.74) is -0.233. The van der Waals surface area contributed by atoms with Gasteiger partial charge in [-0.1, -0.05) is 17.7 Å². The van der Waals surface area contributed by atoms with E-state index in [1.807, 2.05) is 18.7 Å². The normalized spacial score (nSPS) is 23.9. The number of amides is 1. The molecule has 0 bridgehead atoms. The van der Waals surface area contributed by atoms with Gasteiger partial charge in [0.25, 0.3) is 5.91 Å². The number of pyridine rings is 1. The fraction of sp³-hybridized carbons (Fsp3) is 0.500. The molecule has 2 N–H and O–H groups in total. The van der Waals surface area contributed by atoms with Gasteiger partial charge in [-0.15, -0.1) is 0 Å². The summed E-state index contributed by atoms with van der Waals surface area (Å²) in [4.78, 5) is 22.4. The van der Waals surface area contributed by atoms with Gasteiger partial charge < -0.3 is 29.7 Å². The average Bonchev–Trinajstić information content (AvgIpc) is 3.03. The lowest BCUT2D eigenvalue weighted by molar-refractivity contribution is 0.0606. The maximum atomic E-state index is 14.9. The summed E-state index contributed by atoms with van der Waals surface area (Å²) in [5, 5.41) is 13.8. The number of aromatic nitrogens is 1. The molecule has 1 unspecified atom stereocenters. The zero-order chi connectivity index (χ0) is 24.2. The van der Waals surface area contributed by atoms with Crippen LogP contribution in [0, 0.1) is 5.82 Å². The van der Waals surface area contributed by atoms with Gasteiger partial charge in [-0.05, 0) is 32.4 Å². The molecule has 182 valence electrons. The third-order valence-corrected chi connectivity index (χ3v) is 7.33. The van der Waals surface area contributed by atoms with Gasteiger partial charge >= 0.3 is 0 Å². The van der Waals surface area contributed by atoms with Crippen LogP contribution in [0.5, 0.6) is 11.5 Å². The minimum absolute atomic E-state index is 0.000556. The summed E-state index contributed by atoms with van der Waals surface area (Å²) in [5.74, 6) is -0.662. The number of halogens is 2. The second kappa shape index (κ2) is 8.55. The van der Waals surface area contributed by atoms with Crippen molar-refractivity contribution in [3.05, 3.63) is 34.6 Å². The van der Waals surface area contributed by atoms with E-state index in [1.165, 1.54) is 18.2 Å². The van der Waals surface area contributed by atoms with E-state index in [0.29, 0.717) is 38.4 Å². The molecule has 8 nitrogen and oxygen atoms in total. The number of fused-ring (bicyclic) bond motifs is 2. The molecule has 2 fully saturated rings. The lowest BCUT2D eigenvalue weighted by Crippen LogP contribution is -2.55. The van der Waals surface area contributed by atoms with E-state index in [-0.39, 0.29) is 58.0 Å². The van der Waals surface area contributed by atoms with E-state index < -0.39 is 11.4 Å². The molecular formula is C24H28ClFN4O4. The first-order valence-corrected chi connectivity index (χ1v) is 11.8. The number of carbonyl (C=O) groups is 1. The number of carbonyl (C=O) groups excluding carboxylic acids is 1. The van der Waals surface area contributed by atoms with Crippen molar-refractivity contribution >= 4 is 23.3 Å². The third-order valence-electron chi connectivity index (χ3n) is 6.98. The van der Waals surface area contributed by atoms with E-state index in [4.69, 9.17) is 26.1 Å². The first-order valence-electron chi connectivity index (χ1n) is 11.4. The molecule has 2 saturated heterocycles. The first-order chi connectivity index (χ1) is 16.2. The number of nitrogens with one attached hydrogen (secondary N) is 1. The fourth-order valence-electron chi connectivity index (χ4n) is 5.18. The summed E-state index contributed by atoms with van der Waals surface area (Å²) in [7, 11) is 1.66. The summed E-state index contributed by atoms with van der Waals surface area (Å²) < 4.78 is 26.7. The Bertz CT molecular complexity index is 1120. The van der Waals surface area contributed by atoms with Gasteiger partial charge in [0.2, 0.25) is 0 Å². The predicted molar refractivity (Wildman–Crippen MR) is 126 cm³/mol. The van der Waals surface area contributed by atoms with Crippen LogP contribution >= 0.6 is 11.6 Å². The Morgan fingerprint density at radius 3 is 2.85 bits per heavy atom. The minimum atomic E-state index is -0.669. The molecule has 4 heterocycles. The van der Waals surface area contributed by atoms with E-state index in [1.54, 1.807) is 12.0 Å². The number of nitrogens with zero attached hydrogens (tertiary/aromatic N) is 3. The van der Waals surface area contributed by atoms with Crippen molar-refractivity contribution in [2.75, 3.05) is 44.8 Å².